The van der Waals surface area contributed by atoms with Crippen LogP contribution in [0.5, 0.6) is 0 Å². The number of morpholine rings is 1. The maximum atomic E-state index is 12.7. The Morgan fingerprint density at radius 3 is 2.69 bits per heavy atom. The van der Waals surface area contributed by atoms with Crippen LogP contribution < -0.4 is 0 Å². The van der Waals surface area contributed by atoms with Crippen LogP contribution in [0.3, 0.4) is 0 Å². The third-order valence-electron chi connectivity index (χ3n) is 4.90. The Morgan fingerprint density at radius 1 is 1.17 bits per heavy atom. The predicted molar refractivity (Wildman–Crippen MR) is 115 cm³/mol. The third-order valence-corrected chi connectivity index (χ3v) is 5.68. The van der Waals surface area contributed by atoms with Gasteiger partial charge in [-0.3, -0.25) is 4.79 Å². The Hall–Kier alpha value is -2.15. The van der Waals surface area contributed by atoms with E-state index in [1.807, 2.05) is 53.4 Å². The van der Waals surface area contributed by atoms with E-state index in [0.717, 1.165) is 15.6 Å². The number of hydrogen-bond acceptors (Lipinski definition) is 4. The molecular weight excluding hydrogens is 456 g/mol. The number of oxazole rings is 1. The zero-order valence-corrected chi connectivity index (χ0v) is 18.0. The summed E-state index contributed by atoms with van der Waals surface area (Å²) in [5.74, 6) is 1.31. The molecule has 7 heteroatoms. The Kier molecular flexibility index (Phi) is 6.33. The Morgan fingerprint density at radius 2 is 1.93 bits per heavy atom. The minimum absolute atomic E-state index is 0.0849. The summed E-state index contributed by atoms with van der Waals surface area (Å²) in [6.45, 7) is 1.70. The predicted octanol–water partition coefficient (Wildman–Crippen LogP) is 5.29. The average molecular weight is 476 g/mol. The van der Waals surface area contributed by atoms with E-state index in [-0.39, 0.29) is 12.0 Å². The second-order valence-electron chi connectivity index (χ2n) is 6.88. The lowest BCUT2D eigenvalue weighted by Crippen LogP contribution is -2.42. The average Bonchev–Trinajstić information content (AvgIpc) is 3.22. The molecule has 5 nitrogen and oxygen atoms in total. The smallest absolute Gasteiger partial charge is 0.223 e. The van der Waals surface area contributed by atoms with Crippen molar-refractivity contribution in [3.8, 4) is 11.3 Å². The van der Waals surface area contributed by atoms with Gasteiger partial charge in [-0.1, -0.05) is 39.7 Å². The minimum Gasteiger partial charge on any atom is -0.441 e. The first-order valence-electron chi connectivity index (χ1n) is 9.44. The number of carbonyl (C=O) groups is 1. The molecule has 0 radical (unpaired) electrons. The number of amides is 1. The van der Waals surface area contributed by atoms with Crippen molar-refractivity contribution in [2.75, 3.05) is 19.7 Å². The van der Waals surface area contributed by atoms with E-state index in [2.05, 4.69) is 20.9 Å². The summed E-state index contributed by atoms with van der Waals surface area (Å²) in [5.41, 5.74) is 1.98. The number of nitrogens with zero attached hydrogens (tertiary/aromatic N) is 2. The highest BCUT2D eigenvalue weighted by Crippen LogP contribution is 2.25. The molecule has 1 fully saturated rings. The lowest BCUT2D eigenvalue weighted by molar-refractivity contribution is -0.139. The molecule has 0 aliphatic carbocycles. The molecular formula is C22H20BrClN2O3. The fourth-order valence-corrected chi connectivity index (χ4v) is 3.69. The second-order valence-corrected chi connectivity index (χ2v) is 8.23. The Bertz CT molecular complexity index is 972. The first kappa shape index (κ1) is 20.1. The summed E-state index contributed by atoms with van der Waals surface area (Å²) in [6.07, 6.45) is 2.40. The molecule has 3 aromatic rings. The lowest BCUT2D eigenvalue weighted by atomic mass is 10.1. The summed E-state index contributed by atoms with van der Waals surface area (Å²) in [4.78, 5) is 18.9. The van der Waals surface area contributed by atoms with Crippen molar-refractivity contribution < 1.29 is 13.9 Å². The van der Waals surface area contributed by atoms with Crippen LogP contribution in [0.25, 0.3) is 11.3 Å². The van der Waals surface area contributed by atoms with Crippen molar-refractivity contribution >= 4 is 33.4 Å². The van der Waals surface area contributed by atoms with Crippen molar-refractivity contribution in [3.63, 3.8) is 0 Å². The van der Waals surface area contributed by atoms with Crippen LogP contribution in [0, 0.1) is 0 Å². The van der Waals surface area contributed by atoms with E-state index in [1.165, 1.54) is 0 Å². The van der Waals surface area contributed by atoms with Crippen molar-refractivity contribution in [3.05, 3.63) is 75.7 Å². The molecule has 2 heterocycles. The molecule has 2 aromatic carbocycles. The van der Waals surface area contributed by atoms with Gasteiger partial charge in [0.2, 0.25) is 5.91 Å². The number of rotatable bonds is 5. The van der Waals surface area contributed by atoms with Gasteiger partial charge >= 0.3 is 0 Å². The number of ether oxygens (including phenoxy) is 1. The molecule has 0 N–H and O–H groups in total. The minimum atomic E-state index is -0.0981. The van der Waals surface area contributed by atoms with Gasteiger partial charge in [0.05, 0.1) is 19.3 Å². The Labute approximate surface area is 182 Å². The highest BCUT2D eigenvalue weighted by atomic mass is 79.9. The highest BCUT2D eigenvalue weighted by Gasteiger charge is 2.25. The molecule has 1 unspecified atom stereocenters. The SMILES string of the molecule is O=C(CCc1ncc(-c2ccc(Cl)cc2)o1)N1CCOC(c2ccc(Br)cc2)C1. The molecule has 0 saturated carbocycles. The van der Waals surface area contributed by atoms with E-state index in [4.69, 9.17) is 20.8 Å². The monoisotopic (exact) mass is 474 g/mol. The van der Waals surface area contributed by atoms with Gasteiger partial charge in [-0.2, -0.15) is 0 Å². The molecule has 4 rings (SSSR count). The Balaban J connectivity index is 1.33. The van der Waals surface area contributed by atoms with Gasteiger partial charge < -0.3 is 14.1 Å². The fraction of sp³-hybridized carbons (Fsp3) is 0.273. The van der Waals surface area contributed by atoms with Crippen LogP contribution in [0.2, 0.25) is 5.02 Å². The first-order chi connectivity index (χ1) is 14.1. The zero-order chi connectivity index (χ0) is 20.2. The number of halogens is 2. The number of aromatic nitrogens is 1. The summed E-state index contributed by atoms with van der Waals surface area (Å²) in [6, 6.07) is 15.4. The molecule has 150 valence electrons. The summed E-state index contributed by atoms with van der Waals surface area (Å²) in [5, 5.41) is 0.672. The van der Waals surface area contributed by atoms with Gasteiger partial charge in [0.15, 0.2) is 11.7 Å². The van der Waals surface area contributed by atoms with Crippen molar-refractivity contribution in [1.82, 2.24) is 9.88 Å². The van der Waals surface area contributed by atoms with Gasteiger partial charge in [0.25, 0.3) is 0 Å². The summed E-state index contributed by atoms with van der Waals surface area (Å²) in [7, 11) is 0. The molecule has 1 aliphatic rings. The van der Waals surface area contributed by atoms with E-state index < -0.39 is 0 Å². The van der Waals surface area contributed by atoms with Gasteiger partial charge in [0.1, 0.15) is 6.10 Å². The molecule has 29 heavy (non-hydrogen) atoms. The molecule has 1 atom stereocenters. The number of carbonyl (C=O) groups excluding carboxylic acids is 1. The molecule has 1 aromatic heterocycles. The van der Waals surface area contributed by atoms with Crippen LogP contribution >= 0.6 is 27.5 Å². The standard InChI is InChI=1S/C22H20BrClN2O3/c23-17-5-1-16(2-6-17)20-14-26(11-12-28-20)22(27)10-9-21-25-13-19(29-21)15-3-7-18(24)8-4-15/h1-8,13,20H,9-12,14H2. The van der Waals surface area contributed by atoms with Crippen LogP contribution in [-0.2, 0) is 16.0 Å². The second kappa shape index (κ2) is 9.11. The molecule has 0 bridgehead atoms. The number of hydrogen-bond donors (Lipinski definition) is 0. The molecule has 1 aliphatic heterocycles. The molecule has 1 amide bonds. The van der Waals surface area contributed by atoms with Crippen LogP contribution in [0.1, 0.15) is 24.0 Å². The van der Waals surface area contributed by atoms with E-state index in [0.29, 0.717) is 49.2 Å². The van der Waals surface area contributed by atoms with Crippen LogP contribution in [0.4, 0.5) is 0 Å². The van der Waals surface area contributed by atoms with Crippen molar-refractivity contribution in [2.24, 2.45) is 0 Å². The van der Waals surface area contributed by atoms with Gasteiger partial charge in [-0.15, -0.1) is 0 Å². The zero-order valence-electron chi connectivity index (χ0n) is 15.7. The largest absolute Gasteiger partial charge is 0.441 e. The highest BCUT2D eigenvalue weighted by molar-refractivity contribution is 9.10. The molecule has 1 saturated heterocycles. The topological polar surface area (TPSA) is 55.6 Å². The third kappa shape index (κ3) is 5.07. The maximum absolute atomic E-state index is 12.7. The van der Waals surface area contributed by atoms with E-state index in [9.17, 15) is 4.79 Å². The molecule has 0 spiro atoms. The number of aryl methyl sites for hydroxylation is 1. The summed E-state index contributed by atoms with van der Waals surface area (Å²) >= 11 is 9.36. The maximum Gasteiger partial charge on any atom is 0.223 e. The van der Waals surface area contributed by atoms with E-state index in [1.54, 1.807) is 6.20 Å². The van der Waals surface area contributed by atoms with Gasteiger partial charge in [0, 0.05) is 34.4 Å². The number of benzene rings is 2. The van der Waals surface area contributed by atoms with Gasteiger partial charge in [-0.25, -0.2) is 4.98 Å². The van der Waals surface area contributed by atoms with Gasteiger partial charge in [-0.05, 0) is 42.0 Å². The van der Waals surface area contributed by atoms with Crippen molar-refractivity contribution in [2.45, 2.75) is 18.9 Å². The van der Waals surface area contributed by atoms with Crippen LogP contribution in [0.15, 0.2) is 63.6 Å². The normalized spacial score (nSPS) is 16.8. The first-order valence-corrected chi connectivity index (χ1v) is 10.6. The quantitative estimate of drug-likeness (QED) is 0.503. The summed E-state index contributed by atoms with van der Waals surface area (Å²) < 4.78 is 12.7. The van der Waals surface area contributed by atoms with Crippen molar-refractivity contribution in [1.29, 1.82) is 0 Å². The lowest BCUT2D eigenvalue weighted by Gasteiger charge is -2.33. The fourth-order valence-electron chi connectivity index (χ4n) is 3.30. The van der Waals surface area contributed by atoms with Crippen LogP contribution in [-0.4, -0.2) is 35.5 Å². The van der Waals surface area contributed by atoms with E-state index >= 15 is 0 Å².